The summed E-state index contributed by atoms with van der Waals surface area (Å²) < 4.78 is 0. The van der Waals surface area contributed by atoms with Gasteiger partial charge in [-0.2, -0.15) is 0 Å². The van der Waals surface area contributed by atoms with Crippen LogP contribution >= 0.6 is 0 Å². The lowest BCUT2D eigenvalue weighted by molar-refractivity contribution is -0.133. The van der Waals surface area contributed by atoms with Crippen molar-refractivity contribution in [1.82, 2.24) is 14.9 Å². The number of hydrogen-bond donors (Lipinski definition) is 0. The van der Waals surface area contributed by atoms with Crippen LogP contribution in [0, 0.1) is 12.8 Å². The Kier molecular flexibility index (Phi) is 6.12. The number of carbonyl (C=O) groups excluding carboxylic acids is 1. The SMILES string of the molecule is CCc1nc(C)nc(N2CCN(C(=O)C3CC3c3ccccc3)CC2)c1Cc1ccccc1. The Morgan fingerprint density at radius 2 is 1.61 bits per heavy atom. The summed E-state index contributed by atoms with van der Waals surface area (Å²) in [5, 5.41) is 0. The Labute approximate surface area is 196 Å². The van der Waals surface area contributed by atoms with Gasteiger partial charge in [-0.3, -0.25) is 4.79 Å². The topological polar surface area (TPSA) is 49.3 Å². The van der Waals surface area contributed by atoms with E-state index in [1.165, 1.54) is 16.7 Å². The molecule has 5 nitrogen and oxygen atoms in total. The van der Waals surface area contributed by atoms with Crippen LogP contribution in [0.4, 0.5) is 5.82 Å². The molecule has 5 rings (SSSR count). The van der Waals surface area contributed by atoms with Crippen molar-refractivity contribution in [3.63, 3.8) is 0 Å². The molecule has 5 heteroatoms. The second-order valence-corrected chi connectivity index (χ2v) is 9.21. The Morgan fingerprint density at radius 3 is 2.27 bits per heavy atom. The smallest absolute Gasteiger partial charge is 0.226 e. The van der Waals surface area contributed by atoms with Gasteiger partial charge in [-0.05, 0) is 36.8 Å². The largest absolute Gasteiger partial charge is 0.353 e. The van der Waals surface area contributed by atoms with Crippen molar-refractivity contribution < 1.29 is 4.79 Å². The Bertz CT molecular complexity index is 1110. The standard InChI is InChI=1S/C28H32N4O/c1-3-26-25(18-21-10-6-4-7-11-21)27(30-20(2)29-26)31-14-16-32(17-15-31)28(33)24-19-23(24)22-12-8-5-9-13-22/h4-13,23-24H,3,14-19H2,1-2H3. The Hall–Kier alpha value is -3.21. The highest BCUT2D eigenvalue weighted by atomic mass is 16.2. The van der Waals surface area contributed by atoms with Gasteiger partial charge in [0.15, 0.2) is 0 Å². The molecule has 0 N–H and O–H groups in total. The van der Waals surface area contributed by atoms with Gasteiger partial charge in [-0.25, -0.2) is 9.97 Å². The summed E-state index contributed by atoms with van der Waals surface area (Å²) in [4.78, 5) is 27.2. The number of nitrogens with zero attached hydrogens (tertiary/aromatic N) is 4. The molecule has 2 unspecified atom stereocenters. The van der Waals surface area contributed by atoms with Crippen LogP contribution in [0.15, 0.2) is 60.7 Å². The van der Waals surface area contributed by atoms with Gasteiger partial charge in [0.2, 0.25) is 5.91 Å². The van der Waals surface area contributed by atoms with Crippen LogP contribution in [0.3, 0.4) is 0 Å². The maximum absolute atomic E-state index is 13.1. The molecule has 2 atom stereocenters. The van der Waals surface area contributed by atoms with Gasteiger partial charge in [0.1, 0.15) is 11.6 Å². The van der Waals surface area contributed by atoms with Crippen molar-refractivity contribution in [3.8, 4) is 0 Å². The molecule has 33 heavy (non-hydrogen) atoms. The summed E-state index contributed by atoms with van der Waals surface area (Å²) >= 11 is 0. The van der Waals surface area contributed by atoms with Crippen LogP contribution in [0.25, 0.3) is 0 Å². The van der Waals surface area contributed by atoms with Crippen molar-refractivity contribution in [2.24, 2.45) is 5.92 Å². The first kappa shape index (κ1) is 21.6. The molecule has 1 aromatic heterocycles. The summed E-state index contributed by atoms with van der Waals surface area (Å²) in [5.41, 5.74) is 4.92. The van der Waals surface area contributed by atoms with Gasteiger partial charge >= 0.3 is 0 Å². The normalized spacial score (nSPS) is 20.1. The lowest BCUT2D eigenvalue weighted by Gasteiger charge is -2.37. The second kappa shape index (κ2) is 9.34. The first-order valence-electron chi connectivity index (χ1n) is 12.1. The zero-order valence-corrected chi connectivity index (χ0v) is 19.6. The van der Waals surface area contributed by atoms with E-state index in [1.54, 1.807) is 0 Å². The third kappa shape index (κ3) is 4.63. The van der Waals surface area contributed by atoms with E-state index in [2.05, 4.69) is 71.3 Å². The molecule has 1 amide bonds. The van der Waals surface area contributed by atoms with Crippen molar-refractivity contribution in [3.05, 3.63) is 88.9 Å². The fourth-order valence-electron chi connectivity index (χ4n) is 5.08. The number of anilines is 1. The minimum atomic E-state index is 0.153. The van der Waals surface area contributed by atoms with E-state index in [0.29, 0.717) is 11.8 Å². The van der Waals surface area contributed by atoms with Crippen LogP contribution in [0.1, 0.15) is 47.5 Å². The summed E-state index contributed by atoms with van der Waals surface area (Å²) in [6.45, 7) is 7.28. The third-order valence-corrected chi connectivity index (χ3v) is 6.97. The highest BCUT2D eigenvalue weighted by molar-refractivity contribution is 5.83. The van der Waals surface area contributed by atoms with Crippen LogP contribution in [0.5, 0.6) is 0 Å². The third-order valence-electron chi connectivity index (χ3n) is 6.97. The van der Waals surface area contributed by atoms with Crippen LogP contribution < -0.4 is 4.90 Å². The van der Waals surface area contributed by atoms with E-state index in [4.69, 9.17) is 9.97 Å². The van der Waals surface area contributed by atoms with E-state index >= 15 is 0 Å². The molecular formula is C28H32N4O. The number of carbonyl (C=O) groups is 1. The monoisotopic (exact) mass is 440 g/mol. The predicted octanol–water partition coefficient (Wildman–Crippen LogP) is 4.39. The van der Waals surface area contributed by atoms with Gasteiger partial charge in [0.25, 0.3) is 0 Å². The molecule has 2 aliphatic rings. The molecule has 3 aromatic rings. The summed E-state index contributed by atoms with van der Waals surface area (Å²) in [5.74, 6) is 2.73. The Balaban J connectivity index is 1.29. The van der Waals surface area contributed by atoms with Crippen LogP contribution in [0.2, 0.25) is 0 Å². The van der Waals surface area contributed by atoms with E-state index in [0.717, 1.165) is 62.8 Å². The molecular weight excluding hydrogens is 408 g/mol. The predicted molar refractivity (Wildman–Crippen MR) is 131 cm³/mol. The molecule has 0 bridgehead atoms. The number of rotatable bonds is 6. The second-order valence-electron chi connectivity index (χ2n) is 9.21. The van der Waals surface area contributed by atoms with Crippen molar-refractivity contribution in [1.29, 1.82) is 0 Å². The van der Waals surface area contributed by atoms with Gasteiger partial charge in [0.05, 0.1) is 0 Å². The quantitative estimate of drug-likeness (QED) is 0.570. The number of aryl methyl sites for hydroxylation is 2. The van der Waals surface area contributed by atoms with Crippen molar-refractivity contribution >= 4 is 11.7 Å². The number of benzene rings is 2. The number of aromatic nitrogens is 2. The minimum absolute atomic E-state index is 0.153. The van der Waals surface area contributed by atoms with Crippen LogP contribution in [-0.2, 0) is 17.6 Å². The van der Waals surface area contributed by atoms with Crippen molar-refractivity contribution in [2.75, 3.05) is 31.1 Å². The van der Waals surface area contributed by atoms with Gasteiger partial charge < -0.3 is 9.80 Å². The van der Waals surface area contributed by atoms with E-state index in [9.17, 15) is 4.79 Å². The van der Waals surface area contributed by atoms with Gasteiger partial charge in [-0.15, -0.1) is 0 Å². The molecule has 2 fully saturated rings. The fraction of sp³-hybridized carbons (Fsp3) is 0.393. The lowest BCUT2D eigenvalue weighted by atomic mass is 10.0. The highest BCUT2D eigenvalue weighted by Crippen LogP contribution is 2.48. The van der Waals surface area contributed by atoms with E-state index in [1.807, 2.05) is 13.0 Å². The summed E-state index contributed by atoms with van der Waals surface area (Å²) in [6.07, 6.45) is 2.70. The number of hydrogen-bond acceptors (Lipinski definition) is 4. The molecule has 170 valence electrons. The number of amides is 1. The molecule has 1 aliphatic heterocycles. The minimum Gasteiger partial charge on any atom is -0.353 e. The van der Waals surface area contributed by atoms with Crippen molar-refractivity contribution in [2.45, 2.75) is 39.0 Å². The first-order chi connectivity index (χ1) is 16.1. The molecule has 1 saturated heterocycles. The van der Waals surface area contributed by atoms with E-state index in [-0.39, 0.29) is 5.92 Å². The van der Waals surface area contributed by atoms with Gasteiger partial charge in [-0.1, -0.05) is 67.6 Å². The maximum atomic E-state index is 13.1. The average molecular weight is 441 g/mol. The average Bonchev–Trinajstić information content (AvgIpc) is 3.67. The first-order valence-corrected chi connectivity index (χ1v) is 12.1. The van der Waals surface area contributed by atoms with Gasteiger partial charge in [0, 0.05) is 49.8 Å². The molecule has 0 spiro atoms. The highest BCUT2D eigenvalue weighted by Gasteiger charge is 2.46. The molecule has 2 heterocycles. The Morgan fingerprint density at radius 1 is 0.939 bits per heavy atom. The number of piperazine rings is 1. The maximum Gasteiger partial charge on any atom is 0.226 e. The zero-order chi connectivity index (χ0) is 22.8. The summed E-state index contributed by atoms with van der Waals surface area (Å²) in [6, 6.07) is 21.0. The molecule has 2 aromatic carbocycles. The van der Waals surface area contributed by atoms with E-state index < -0.39 is 0 Å². The summed E-state index contributed by atoms with van der Waals surface area (Å²) in [7, 11) is 0. The molecule has 1 saturated carbocycles. The lowest BCUT2D eigenvalue weighted by Crippen LogP contribution is -2.50. The van der Waals surface area contributed by atoms with Crippen LogP contribution in [-0.4, -0.2) is 47.0 Å². The fourth-order valence-corrected chi connectivity index (χ4v) is 5.08. The zero-order valence-electron chi connectivity index (χ0n) is 19.6. The molecule has 0 radical (unpaired) electrons. The molecule has 1 aliphatic carbocycles.